The summed E-state index contributed by atoms with van der Waals surface area (Å²) >= 11 is 0. The van der Waals surface area contributed by atoms with E-state index < -0.39 is 0 Å². The molecule has 1 N–H and O–H groups in total. The van der Waals surface area contributed by atoms with E-state index in [4.69, 9.17) is 0 Å². The summed E-state index contributed by atoms with van der Waals surface area (Å²) in [6.07, 6.45) is 5.62. The Bertz CT molecular complexity index is 866. The molecule has 1 heterocycles. The number of guanidine groups is 1. The first-order chi connectivity index (χ1) is 13.1. The van der Waals surface area contributed by atoms with Gasteiger partial charge in [0.1, 0.15) is 0 Å². The number of aryl methyl sites for hydroxylation is 1. The van der Waals surface area contributed by atoms with Crippen molar-refractivity contribution in [3.63, 3.8) is 0 Å². The fourth-order valence-corrected chi connectivity index (χ4v) is 3.04. The first kappa shape index (κ1) is 18.7. The molecule has 27 heavy (non-hydrogen) atoms. The lowest BCUT2D eigenvalue weighted by Crippen LogP contribution is -2.38. The number of rotatable bonds is 6. The molecule has 140 valence electrons. The molecule has 0 aliphatic carbocycles. The molecule has 5 heteroatoms. The van der Waals surface area contributed by atoms with Crippen molar-refractivity contribution in [2.45, 2.75) is 26.6 Å². The summed E-state index contributed by atoms with van der Waals surface area (Å²) in [5.74, 6) is 0.885. The van der Waals surface area contributed by atoms with Crippen LogP contribution < -0.4 is 5.32 Å². The fraction of sp³-hybridized carbons (Fsp3) is 0.273. The average Bonchev–Trinajstić information content (AvgIpc) is 3.17. The number of hydrogen-bond donors (Lipinski definition) is 1. The summed E-state index contributed by atoms with van der Waals surface area (Å²) in [7, 11) is 3.88. The zero-order chi connectivity index (χ0) is 19.1. The number of nitrogens with one attached hydrogen (secondary N) is 1. The Hall–Kier alpha value is -3.08. The highest BCUT2D eigenvalue weighted by Crippen LogP contribution is 2.09. The Morgan fingerprint density at radius 2 is 1.89 bits per heavy atom. The van der Waals surface area contributed by atoms with Gasteiger partial charge >= 0.3 is 0 Å². The van der Waals surface area contributed by atoms with Gasteiger partial charge in [0, 0.05) is 46.1 Å². The summed E-state index contributed by atoms with van der Waals surface area (Å²) < 4.78 is 2.07. The number of aliphatic imine (C=N–C) groups is 1. The minimum Gasteiger partial charge on any atom is -0.352 e. The third kappa shape index (κ3) is 5.45. The molecule has 0 aliphatic rings. The van der Waals surface area contributed by atoms with E-state index >= 15 is 0 Å². The molecule has 0 spiro atoms. The van der Waals surface area contributed by atoms with Crippen LogP contribution in [0.15, 0.2) is 72.2 Å². The minimum absolute atomic E-state index is 0.739. The van der Waals surface area contributed by atoms with Crippen LogP contribution >= 0.6 is 0 Å². The Kier molecular flexibility index (Phi) is 6.26. The second-order valence-electron chi connectivity index (χ2n) is 6.80. The van der Waals surface area contributed by atoms with Gasteiger partial charge in [0.25, 0.3) is 0 Å². The molecule has 3 rings (SSSR count). The van der Waals surface area contributed by atoms with Gasteiger partial charge in [0.2, 0.25) is 0 Å². The molecule has 3 aromatic rings. The Labute approximate surface area is 161 Å². The third-order valence-corrected chi connectivity index (χ3v) is 4.48. The van der Waals surface area contributed by atoms with Gasteiger partial charge < -0.3 is 14.8 Å². The monoisotopic (exact) mass is 361 g/mol. The smallest absolute Gasteiger partial charge is 0.193 e. The fourth-order valence-electron chi connectivity index (χ4n) is 3.04. The van der Waals surface area contributed by atoms with Crippen LogP contribution in [0.1, 0.15) is 22.3 Å². The average molecular weight is 361 g/mol. The SMILES string of the molecule is CN=C(NCc1cccc(Cn2ccnc2)c1)N(C)Cc1ccc(C)cc1. The van der Waals surface area contributed by atoms with E-state index in [0.29, 0.717) is 0 Å². The van der Waals surface area contributed by atoms with Crippen LogP contribution in [0.3, 0.4) is 0 Å². The van der Waals surface area contributed by atoms with Gasteiger partial charge in [0.05, 0.1) is 6.33 Å². The van der Waals surface area contributed by atoms with Gasteiger partial charge in [-0.3, -0.25) is 4.99 Å². The van der Waals surface area contributed by atoms with Gasteiger partial charge in [-0.2, -0.15) is 0 Å². The first-order valence-electron chi connectivity index (χ1n) is 9.15. The molecule has 0 saturated heterocycles. The van der Waals surface area contributed by atoms with Gasteiger partial charge in [-0.05, 0) is 23.6 Å². The molecule has 0 aliphatic heterocycles. The summed E-state index contributed by atoms with van der Waals surface area (Å²) in [5, 5.41) is 3.46. The number of aromatic nitrogens is 2. The van der Waals surface area contributed by atoms with E-state index in [0.717, 1.165) is 25.6 Å². The van der Waals surface area contributed by atoms with Crippen molar-refractivity contribution in [1.82, 2.24) is 19.8 Å². The van der Waals surface area contributed by atoms with Crippen molar-refractivity contribution in [2.24, 2.45) is 4.99 Å². The standard InChI is InChI=1S/C22H27N5/c1-18-7-9-19(10-8-18)15-26(3)22(23-2)25-14-20-5-4-6-21(13-20)16-27-12-11-24-17-27/h4-13,17H,14-16H2,1-3H3,(H,23,25). The maximum atomic E-state index is 4.42. The lowest BCUT2D eigenvalue weighted by molar-refractivity contribution is 0.476. The van der Waals surface area contributed by atoms with Gasteiger partial charge in [-0.1, -0.05) is 54.1 Å². The van der Waals surface area contributed by atoms with Crippen LogP contribution in [0, 0.1) is 6.92 Å². The summed E-state index contributed by atoms with van der Waals surface area (Å²) in [6, 6.07) is 17.2. The molecule has 0 saturated carbocycles. The molecule has 0 fully saturated rings. The molecule has 0 unspecified atom stereocenters. The zero-order valence-corrected chi connectivity index (χ0v) is 16.3. The van der Waals surface area contributed by atoms with Crippen molar-refractivity contribution in [3.05, 3.63) is 89.5 Å². The second-order valence-corrected chi connectivity index (χ2v) is 6.80. The van der Waals surface area contributed by atoms with Crippen LogP contribution in [0.5, 0.6) is 0 Å². The van der Waals surface area contributed by atoms with Crippen molar-refractivity contribution >= 4 is 5.96 Å². The Balaban J connectivity index is 1.58. The maximum absolute atomic E-state index is 4.42. The molecule has 0 atom stereocenters. The topological polar surface area (TPSA) is 45.5 Å². The van der Waals surface area contributed by atoms with Crippen molar-refractivity contribution in [3.8, 4) is 0 Å². The normalized spacial score (nSPS) is 11.4. The number of hydrogen-bond acceptors (Lipinski definition) is 2. The van der Waals surface area contributed by atoms with Crippen LogP contribution in [0.25, 0.3) is 0 Å². The van der Waals surface area contributed by atoms with E-state index in [9.17, 15) is 0 Å². The van der Waals surface area contributed by atoms with Gasteiger partial charge in [-0.15, -0.1) is 0 Å². The maximum Gasteiger partial charge on any atom is 0.193 e. The number of imidazole rings is 1. The molecular weight excluding hydrogens is 334 g/mol. The molecule has 0 amide bonds. The number of nitrogens with zero attached hydrogens (tertiary/aromatic N) is 4. The first-order valence-corrected chi connectivity index (χ1v) is 9.15. The lowest BCUT2D eigenvalue weighted by atomic mass is 10.1. The van der Waals surface area contributed by atoms with Crippen molar-refractivity contribution in [2.75, 3.05) is 14.1 Å². The largest absolute Gasteiger partial charge is 0.352 e. The minimum atomic E-state index is 0.739. The Morgan fingerprint density at radius 3 is 2.59 bits per heavy atom. The second kappa shape index (κ2) is 9.03. The van der Waals surface area contributed by atoms with Gasteiger partial charge in [0.15, 0.2) is 5.96 Å². The molecular formula is C22H27N5. The van der Waals surface area contributed by atoms with E-state index in [-0.39, 0.29) is 0 Å². The molecule has 2 aromatic carbocycles. The zero-order valence-electron chi connectivity index (χ0n) is 16.3. The third-order valence-electron chi connectivity index (χ3n) is 4.48. The number of benzene rings is 2. The van der Waals surface area contributed by atoms with Crippen molar-refractivity contribution in [1.29, 1.82) is 0 Å². The molecule has 0 bridgehead atoms. The predicted molar refractivity (Wildman–Crippen MR) is 111 cm³/mol. The van der Waals surface area contributed by atoms with Gasteiger partial charge in [-0.25, -0.2) is 4.98 Å². The highest BCUT2D eigenvalue weighted by molar-refractivity contribution is 5.79. The van der Waals surface area contributed by atoms with E-state index in [1.54, 1.807) is 6.20 Å². The molecule has 1 aromatic heterocycles. The van der Waals surface area contributed by atoms with Crippen molar-refractivity contribution < 1.29 is 0 Å². The van der Waals surface area contributed by atoms with E-state index in [2.05, 4.69) is 87.3 Å². The lowest BCUT2D eigenvalue weighted by Gasteiger charge is -2.22. The van der Waals surface area contributed by atoms with E-state index in [1.165, 1.54) is 22.3 Å². The summed E-state index contributed by atoms with van der Waals surface area (Å²) in [6.45, 7) is 4.49. The van der Waals surface area contributed by atoms with Crippen LogP contribution in [0.4, 0.5) is 0 Å². The predicted octanol–water partition coefficient (Wildman–Crippen LogP) is 3.45. The summed E-state index contributed by atoms with van der Waals surface area (Å²) in [5.41, 5.74) is 5.04. The molecule has 0 radical (unpaired) electrons. The quantitative estimate of drug-likeness (QED) is 0.540. The van der Waals surface area contributed by atoms with Crippen LogP contribution in [0.2, 0.25) is 0 Å². The highest BCUT2D eigenvalue weighted by atomic mass is 15.3. The van der Waals surface area contributed by atoms with Crippen LogP contribution in [-0.4, -0.2) is 34.5 Å². The Morgan fingerprint density at radius 1 is 1.11 bits per heavy atom. The van der Waals surface area contributed by atoms with Crippen LogP contribution in [-0.2, 0) is 19.6 Å². The molecule has 5 nitrogen and oxygen atoms in total. The summed E-state index contributed by atoms with van der Waals surface area (Å²) in [4.78, 5) is 10.7. The highest BCUT2D eigenvalue weighted by Gasteiger charge is 2.07. The van der Waals surface area contributed by atoms with E-state index in [1.807, 2.05) is 19.6 Å².